The second-order valence-corrected chi connectivity index (χ2v) is 1.37. The Morgan fingerprint density at radius 3 is 2.00 bits per heavy atom. The molecule has 0 aromatic rings. The van der Waals surface area contributed by atoms with E-state index in [9.17, 15) is 4.79 Å². The molecule has 1 saturated heterocycles. The number of carbonyl (C=O) groups is 1. The fourth-order valence-corrected chi connectivity index (χ4v) is 0.167. The smallest absolute Gasteiger partial charge is 0.329 e. The Bertz CT molecular complexity index is 102. The predicted molar refractivity (Wildman–Crippen MR) is 34.1 cm³/mol. The lowest BCUT2D eigenvalue weighted by Gasteiger charge is -2.08. The summed E-state index contributed by atoms with van der Waals surface area (Å²) in [5.74, 6) is -0.394. The van der Waals surface area contributed by atoms with E-state index in [0.717, 1.165) is 19.3 Å². The zero-order valence-electron chi connectivity index (χ0n) is 5.83. The molecule has 0 radical (unpaired) electrons. The SMILES string of the molecule is C1COO1.C=CC(=O)OC. The highest BCUT2D eigenvalue weighted by Crippen LogP contribution is 1.87. The Labute approximate surface area is 59.3 Å². The number of hydrogen-bond donors (Lipinski definition) is 0. The summed E-state index contributed by atoms with van der Waals surface area (Å²) in [4.78, 5) is 18.3. The highest BCUT2D eigenvalue weighted by molar-refractivity contribution is 5.80. The Hall–Kier alpha value is -0.870. The second kappa shape index (κ2) is 6.25. The molecule has 0 spiro atoms. The summed E-state index contributed by atoms with van der Waals surface area (Å²) in [6, 6.07) is 0. The van der Waals surface area contributed by atoms with Crippen LogP contribution >= 0.6 is 0 Å². The van der Waals surface area contributed by atoms with Crippen molar-refractivity contribution in [1.29, 1.82) is 0 Å². The van der Waals surface area contributed by atoms with Crippen LogP contribution in [0.3, 0.4) is 0 Å². The van der Waals surface area contributed by atoms with Crippen molar-refractivity contribution in [2.45, 2.75) is 0 Å². The van der Waals surface area contributed by atoms with Gasteiger partial charge in [0.05, 0.1) is 7.11 Å². The van der Waals surface area contributed by atoms with Gasteiger partial charge >= 0.3 is 5.97 Å². The van der Waals surface area contributed by atoms with Crippen molar-refractivity contribution in [3.8, 4) is 0 Å². The Balaban J connectivity index is 0.000000172. The van der Waals surface area contributed by atoms with Crippen LogP contribution in [-0.4, -0.2) is 26.3 Å². The van der Waals surface area contributed by atoms with Crippen LogP contribution in [0.5, 0.6) is 0 Å². The van der Waals surface area contributed by atoms with Gasteiger partial charge in [-0.25, -0.2) is 14.6 Å². The van der Waals surface area contributed by atoms with Gasteiger partial charge in [-0.3, -0.25) is 0 Å². The van der Waals surface area contributed by atoms with Crippen molar-refractivity contribution in [2.24, 2.45) is 0 Å². The van der Waals surface area contributed by atoms with Crippen LogP contribution in [0.1, 0.15) is 0 Å². The van der Waals surface area contributed by atoms with E-state index < -0.39 is 5.97 Å². The highest BCUT2D eigenvalue weighted by Gasteiger charge is 1.95. The minimum Gasteiger partial charge on any atom is -0.466 e. The zero-order valence-corrected chi connectivity index (χ0v) is 5.83. The largest absolute Gasteiger partial charge is 0.466 e. The monoisotopic (exact) mass is 146 g/mol. The summed E-state index contributed by atoms with van der Waals surface area (Å²) in [5, 5.41) is 0. The number of methoxy groups -OCH3 is 1. The molecule has 0 bridgehead atoms. The topological polar surface area (TPSA) is 44.8 Å². The molecule has 0 atom stereocenters. The lowest BCUT2D eigenvalue weighted by atomic mass is 10.7. The molecule has 0 unspecified atom stereocenters. The molecule has 4 heteroatoms. The highest BCUT2D eigenvalue weighted by atomic mass is 17.2. The van der Waals surface area contributed by atoms with Crippen molar-refractivity contribution in [3.05, 3.63) is 12.7 Å². The summed E-state index contributed by atoms with van der Waals surface area (Å²) >= 11 is 0. The lowest BCUT2D eigenvalue weighted by Crippen LogP contribution is -2.14. The molecule has 1 fully saturated rings. The summed E-state index contributed by atoms with van der Waals surface area (Å²) in [7, 11) is 1.31. The van der Waals surface area contributed by atoms with E-state index in [4.69, 9.17) is 0 Å². The minimum atomic E-state index is -0.394. The van der Waals surface area contributed by atoms with Gasteiger partial charge in [0.2, 0.25) is 0 Å². The molecule has 0 aromatic carbocycles. The molecular formula is C6H10O4. The second-order valence-electron chi connectivity index (χ2n) is 1.37. The van der Waals surface area contributed by atoms with E-state index >= 15 is 0 Å². The molecule has 1 aliphatic heterocycles. The maximum Gasteiger partial charge on any atom is 0.329 e. The first-order valence-corrected chi connectivity index (χ1v) is 2.76. The molecule has 0 aliphatic carbocycles. The molecule has 0 N–H and O–H groups in total. The summed E-state index contributed by atoms with van der Waals surface area (Å²) in [6.45, 7) is 4.71. The Morgan fingerprint density at radius 2 is 2.00 bits per heavy atom. The Morgan fingerprint density at radius 1 is 1.60 bits per heavy atom. The van der Waals surface area contributed by atoms with Gasteiger partial charge in [0.15, 0.2) is 0 Å². The molecule has 10 heavy (non-hydrogen) atoms. The molecule has 58 valence electrons. The summed E-state index contributed by atoms with van der Waals surface area (Å²) in [5.41, 5.74) is 0. The fourth-order valence-electron chi connectivity index (χ4n) is 0.167. The number of hydrogen-bond acceptors (Lipinski definition) is 4. The molecule has 0 amide bonds. The maximum atomic E-state index is 9.84. The van der Waals surface area contributed by atoms with Gasteiger partial charge in [-0.15, -0.1) is 0 Å². The van der Waals surface area contributed by atoms with Gasteiger partial charge in [-0.05, 0) is 0 Å². The van der Waals surface area contributed by atoms with Gasteiger partial charge in [0.1, 0.15) is 13.2 Å². The van der Waals surface area contributed by atoms with Crippen molar-refractivity contribution >= 4 is 5.97 Å². The van der Waals surface area contributed by atoms with E-state index in [1.54, 1.807) is 0 Å². The molecule has 0 saturated carbocycles. The zero-order chi connectivity index (χ0) is 7.82. The summed E-state index contributed by atoms with van der Waals surface area (Å²) in [6.07, 6.45) is 1.11. The first-order valence-electron chi connectivity index (χ1n) is 2.76. The van der Waals surface area contributed by atoms with Crippen LogP contribution in [0.2, 0.25) is 0 Å². The fraction of sp³-hybridized carbons (Fsp3) is 0.500. The van der Waals surface area contributed by atoms with Crippen LogP contribution in [0, 0.1) is 0 Å². The lowest BCUT2D eigenvalue weighted by molar-refractivity contribution is -0.382. The van der Waals surface area contributed by atoms with Crippen LogP contribution in [0.15, 0.2) is 12.7 Å². The van der Waals surface area contributed by atoms with E-state index in [0.29, 0.717) is 0 Å². The first kappa shape index (κ1) is 9.13. The quantitative estimate of drug-likeness (QED) is 0.303. The predicted octanol–water partition coefficient (Wildman–Crippen LogP) is 0.294. The van der Waals surface area contributed by atoms with E-state index in [1.807, 2.05) is 0 Å². The average Bonchev–Trinajstić information content (AvgIpc) is 1.83. The third-order valence-electron chi connectivity index (χ3n) is 0.701. The summed E-state index contributed by atoms with van der Waals surface area (Å²) < 4.78 is 4.14. The third-order valence-corrected chi connectivity index (χ3v) is 0.701. The molecule has 1 heterocycles. The normalized spacial score (nSPS) is 13.7. The Kier molecular flexibility index (Phi) is 5.71. The molecule has 4 nitrogen and oxygen atoms in total. The van der Waals surface area contributed by atoms with Crippen LogP contribution < -0.4 is 0 Å². The number of ether oxygens (including phenoxy) is 1. The van der Waals surface area contributed by atoms with E-state index in [1.165, 1.54) is 7.11 Å². The van der Waals surface area contributed by atoms with Gasteiger partial charge in [-0.1, -0.05) is 6.58 Å². The van der Waals surface area contributed by atoms with Crippen LogP contribution in [0.4, 0.5) is 0 Å². The van der Waals surface area contributed by atoms with Gasteiger partial charge in [0.25, 0.3) is 0 Å². The molecule has 1 aliphatic rings. The van der Waals surface area contributed by atoms with Crippen LogP contribution in [-0.2, 0) is 19.3 Å². The maximum absolute atomic E-state index is 9.84. The van der Waals surface area contributed by atoms with E-state index in [2.05, 4.69) is 21.1 Å². The van der Waals surface area contributed by atoms with Crippen molar-refractivity contribution in [3.63, 3.8) is 0 Å². The molecular weight excluding hydrogens is 136 g/mol. The first-order chi connectivity index (χ1) is 4.81. The number of carbonyl (C=O) groups excluding carboxylic acids is 1. The van der Waals surface area contributed by atoms with Gasteiger partial charge in [-0.2, -0.15) is 0 Å². The standard InChI is InChI=1S/C4H6O2.C2H4O2/c1-3-4(5)6-2;1-2-4-3-1/h3H,1H2,2H3;1-2H2. The third kappa shape index (κ3) is 5.27. The van der Waals surface area contributed by atoms with Crippen LogP contribution in [0.25, 0.3) is 0 Å². The number of rotatable bonds is 1. The average molecular weight is 146 g/mol. The van der Waals surface area contributed by atoms with Gasteiger partial charge < -0.3 is 4.74 Å². The van der Waals surface area contributed by atoms with E-state index in [-0.39, 0.29) is 0 Å². The van der Waals surface area contributed by atoms with Gasteiger partial charge in [0, 0.05) is 6.08 Å². The molecule has 0 aromatic heterocycles. The number of esters is 1. The van der Waals surface area contributed by atoms with Crippen molar-refractivity contribution in [2.75, 3.05) is 20.3 Å². The van der Waals surface area contributed by atoms with Crippen molar-refractivity contribution < 1.29 is 19.3 Å². The molecule has 1 rings (SSSR count). The minimum absolute atomic E-state index is 0.394. The van der Waals surface area contributed by atoms with Crippen molar-refractivity contribution in [1.82, 2.24) is 0 Å².